The first-order valence-electron chi connectivity index (χ1n) is 11.9. The number of hydrogen-bond acceptors (Lipinski definition) is 5. The van der Waals surface area contributed by atoms with Gasteiger partial charge in [-0.2, -0.15) is 17.5 Å². The largest absolute Gasteiger partial charge is 0.573 e. The molecule has 2 aromatic carbocycles. The summed E-state index contributed by atoms with van der Waals surface area (Å²) in [5.74, 6) is -0.666. The fourth-order valence-corrected chi connectivity index (χ4v) is 5.52. The van der Waals surface area contributed by atoms with Crippen molar-refractivity contribution in [2.75, 3.05) is 32.8 Å². The normalized spacial score (nSPS) is 15.7. The third-order valence-electron chi connectivity index (χ3n) is 6.18. The monoisotopic (exact) mass is 582 g/mol. The molecule has 14 heteroatoms. The van der Waals surface area contributed by atoms with E-state index in [9.17, 15) is 39.6 Å². The highest BCUT2D eigenvalue weighted by atomic mass is 32.2. The van der Waals surface area contributed by atoms with E-state index in [0.717, 1.165) is 40.7 Å². The standard InChI is InChI=1S/C25H28F6N2O5S/c1-23(2,11-4-16-37-20-6-3-5-18(17-20)24(26,27)28)22(34)32-12-14-33(15-13-32)39(35,36)21-9-7-19(8-10-21)38-25(29,30)31/h3,5-10,17H,4,11-16H2,1-2H3. The van der Waals surface area contributed by atoms with Gasteiger partial charge < -0.3 is 14.4 Å². The van der Waals surface area contributed by atoms with Gasteiger partial charge in [-0.05, 0) is 55.3 Å². The van der Waals surface area contributed by atoms with Gasteiger partial charge >= 0.3 is 12.5 Å². The lowest BCUT2D eigenvalue weighted by Gasteiger charge is -2.38. The summed E-state index contributed by atoms with van der Waals surface area (Å²) in [4.78, 5) is 14.4. The zero-order valence-corrected chi connectivity index (χ0v) is 22.0. The molecule has 39 heavy (non-hydrogen) atoms. The third-order valence-corrected chi connectivity index (χ3v) is 8.09. The van der Waals surface area contributed by atoms with Gasteiger partial charge in [0.25, 0.3) is 0 Å². The predicted molar refractivity (Wildman–Crippen MR) is 128 cm³/mol. The van der Waals surface area contributed by atoms with Gasteiger partial charge in [-0.25, -0.2) is 8.42 Å². The van der Waals surface area contributed by atoms with Crippen LogP contribution in [0.3, 0.4) is 0 Å². The highest BCUT2D eigenvalue weighted by Crippen LogP contribution is 2.32. The number of sulfonamides is 1. The van der Waals surface area contributed by atoms with Gasteiger partial charge in [0.05, 0.1) is 17.1 Å². The first kappa shape index (κ1) is 30.5. The number of carbonyl (C=O) groups is 1. The van der Waals surface area contributed by atoms with Crippen LogP contribution in [-0.2, 0) is 21.0 Å². The van der Waals surface area contributed by atoms with Gasteiger partial charge in [0.1, 0.15) is 11.5 Å². The maximum absolute atomic E-state index is 13.1. The molecule has 1 heterocycles. The molecule has 1 amide bonds. The summed E-state index contributed by atoms with van der Waals surface area (Å²) in [7, 11) is -3.99. The Labute approximate surface area is 222 Å². The van der Waals surface area contributed by atoms with Crippen molar-refractivity contribution in [3.05, 3.63) is 54.1 Å². The summed E-state index contributed by atoms with van der Waals surface area (Å²) in [5, 5.41) is 0. The van der Waals surface area contributed by atoms with E-state index in [1.165, 1.54) is 12.1 Å². The van der Waals surface area contributed by atoms with Gasteiger partial charge in [0, 0.05) is 31.6 Å². The van der Waals surface area contributed by atoms with Gasteiger partial charge in [0.2, 0.25) is 15.9 Å². The van der Waals surface area contributed by atoms with Crippen molar-refractivity contribution < 1.29 is 49.0 Å². The molecule has 0 bridgehead atoms. The first-order chi connectivity index (χ1) is 18.0. The molecule has 0 N–H and O–H groups in total. The quantitative estimate of drug-likeness (QED) is 0.296. The van der Waals surface area contributed by atoms with Gasteiger partial charge in [0.15, 0.2) is 0 Å². The van der Waals surface area contributed by atoms with Crippen molar-refractivity contribution in [3.63, 3.8) is 0 Å². The average Bonchev–Trinajstić information content (AvgIpc) is 2.85. The lowest BCUT2D eigenvalue weighted by atomic mass is 9.86. The van der Waals surface area contributed by atoms with Crippen molar-refractivity contribution in [1.29, 1.82) is 0 Å². The molecule has 3 rings (SSSR count). The van der Waals surface area contributed by atoms with E-state index in [4.69, 9.17) is 4.74 Å². The zero-order chi connectivity index (χ0) is 29.1. The summed E-state index contributed by atoms with van der Waals surface area (Å²) in [5.41, 5.74) is -1.64. The highest BCUT2D eigenvalue weighted by Gasteiger charge is 2.36. The van der Waals surface area contributed by atoms with Crippen molar-refractivity contribution >= 4 is 15.9 Å². The minimum atomic E-state index is -4.90. The number of amides is 1. The van der Waals surface area contributed by atoms with Crippen LogP contribution in [0.25, 0.3) is 0 Å². The molecule has 2 aromatic rings. The van der Waals surface area contributed by atoms with Crippen LogP contribution in [-0.4, -0.2) is 62.7 Å². The minimum absolute atomic E-state index is 0.00358. The fraction of sp³-hybridized carbons (Fsp3) is 0.480. The second kappa shape index (κ2) is 11.6. The molecule has 216 valence electrons. The number of carbonyl (C=O) groups excluding carboxylic acids is 1. The number of hydrogen-bond donors (Lipinski definition) is 0. The van der Waals surface area contributed by atoms with Crippen LogP contribution in [0.15, 0.2) is 53.4 Å². The molecule has 7 nitrogen and oxygen atoms in total. The number of nitrogens with zero attached hydrogens (tertiary/aromatic N) is 2. The average molecular weight is 583 g/mol. The Kier molecular flexibility index (Phi) is 9.10. The Morgan fingerprint density at radius 1 is 0.897 bits per heavy atom. The third kappa shape index (κ3) is 8.24. The van der Waals surface area contributed by atoms with E-state index in [0.29, 0.717) is 12.8 Å². The van der Waals surface area contributed by atoms with Crippen LogP contribution in [0, 0.1) is 5.41 Å². The number of benzene rings is 2. The van der Waals surface area contributed by atoms with Crippen LogP contribution >= 0.6 is 0 Å². The van der Waals surface area contributed by atoms with Crippen LogP contribution in [0.2, 0.25) is 0 Å². The number of rotatable bonds is 9. The predicted octanol–water partition coefficient (Wildman–Crippen LogP) is 5.32. The molecule has 1 saturated heterocycles. The van der Waals surface area contributed by atoms with Crippen molar-refractivity contribution in [2.24, 2.45) is 5.41 Å². The SMILES string of the molecule is CC(C)(CCCOc1cccc(C(F)(F)F)c1)C(=O)N1CCN(S(=O)(=O)c2ccc(OC(F)(F)F)cc2)CC1. The second-order valence-electron chi connectivity index (χ2n) is 9.58. The zero-order valence-electron chi connectivity index (χ0n) is 21.2. The fourth-order valence-electron chi connectivity index (χ4n) is 4.10. The second-order valence-corrected chi connectivity index (χ2v) is 11.5. The maximum atomic E-state index is 13.1. The molecular weight excluding hydrogens is 554 g/mol. The molecule has 1 aliphatic heterocycles. The topological polar surface area (TPSA) is 76.2 Å². The smallest absolute Gasteiger partial charge is 0.494 e. The summed E-state index contributed by atoms with van der Waals surface area (Å²) >= 11 is 0. The number of halogens is 6. The Bertz CT molecular complexity index is 1240. The van der Waals surface area contributed by atoms with E-state index in [1.54, 1.807) is 18.7 Å². The Morgan fingerprint density at radius 2 is 1.51 bits per heavy atom. The Balaban J connectivity index is 1.50. The lowest BCUT2D eigenvalue weighted by Crippen LogP contribution is -2.53. The Hall–Kier alpha value is -3.00. The summed E-state index contributed by atoms with van der Waals surface area (Å²) in [6, 6.07) is 8.42. The minimum Gasteiger partial charge on any atom is -0.494 e. The van der Waals surface area contributed by atoms with Crippen LogP contribution in [0.5, 0.6) is 11.5 Å². The van der Waals surface area contributed by atoms with Crippen molar-refractivity contribution in [2.45, 2.75) is 44.1 Å². The number of ether oxygens (including phenoxy) is 2. The van der Waals surface area contributed by atoms with Crippen LogP contribution < -0.4 is 9.47 Å². The first-order valence-corrected chi connectivity index (χ1v) is 13.4. The van der Waals surface area contributed by atoms with Crippen LogP contribution in [0.1, 0.15) is 32.3 Å². The number of alkyl halides is 6. The van der Waals surface area contributed by atoms with Crippen molar-refractivity contribution in [1.82, 2.24) is 9.21 Å². The molecule has 0 radical (unpaired) electrons. The highest BCUT2D eigenvalue weighted by molar-refractivity contribution is 7.89. The van der Waals surface area contributed by atoms with E-state index in [2.05, 4.69) is 4.74 Å². The van der Waals surface area contributed by atoms with E-state index >= 15 is 0 Å². The van der Waals surface area contributed by atoms with Gasteiger partial charge in [-0.15, -0.1) is 13.2 Å². The molecule has 0 atom stereocenters. The molecule has 1 fully saturated rings. The molecule has 0 spiro atoms. The summed E-state index contributed by atoms with van der Waals surface area (Å²) < 4.78 is 112. The number of piperazine rings is 1. The van der Waals surface area contributed by atoms with Gasteiger partial charge in [-0.3, -0.25) is 4.79 Å². The molecule has 0 saturated carbocycles. The van der Waals surface area contributed by atoms with Crippen LogP contribution in [0.4, 0.5) is 26.3 Å². The molecular formula is C25H28F6N2O5S. The van der Waals surface area contributed by atoms with Gasteiger partial charge in [-0.1, -0.05) is 19.9 Å². The summed E-state index contributed by atoms with van der Waals surface area (Å²) in [6.45, 7) is 3.82. The van der Waals surface area contributed by atoms with E-state index in [1.807, 2.05) is 0 Å². The molecule has 0 aliphatic carbocycles. The maximum Gasteiger partial charge on any atom is 0.573 e. The molecule has 0 aromatic heterocycles. The Morgan fingerprint density at radius 3 is 2.08 bits per heavy atom. The molecule has 1 aliphatic rings. The van der Waals surface area contributed by atoms with E-state index < -0.39 is 39.3 Å². The lowest BCUT2D eigenvalue weighted by molar-refractivity contribution is -0.274. The van der Waals surface area contributed by atoms with Crippen molar-refractivity contribution in [3.8, 4) is 11.5 Å². The van der Waals surface area contributed by atoms with E-state index in [-0.39, 0.29) is 49.3 Å². The molecule has 0 unspecified atom stereocenters. The summed E-state index contributed by atoms with van der Waals surface area (Å²) in [6.07, 6.45) is -8.59.